The molecular formula is C29H35N5O6S. The Bertz CT molecular complexity index is 1490. The summed E-state index contributed by atoms with van der Waals surface area (Å²) in [5.41, 5.74) is 4.11. The highest BCUT2D eigenvalue weighted by Crippen LogP contribution is 2.30. The lowest BCUT2D eigenvalue weighted by molar-refractivity contribution is 0.0950. The molecule has 3 heterocycles. The van der Waals surface area contributed by atoms with Crippen LogP contribution in [0.5, 0.6) is 0 Å². The van der Waals surface area contributed by atoms with Crippen molar-refractivity contribution in [3.05, 3.63) is 77.7 Å². The molecule has 0 saturated carbocycles. The van der Waals surface area contributed by atoms with Crippen molar-refractivity contribution in [3.8, 4) is 0 Å². The van der Waals surface area contributed by atoms with E-state index < -0.39 is 27.9 Å². The van der Waals surface area contributed by atoms with Crippen LogP contribution < -0.4 is 25.8 Å². The number of amides is 2. The van der Waals surface area contributed by atoms with E-state index in [9.17, 15) is 23.1 Å². The van der Waals surface area contributed by atoms with Crippen molar-refractivity contribution in [1.29, 1.82) is 0 Å². The summed E-state index contributed by atoms with van der Waals surface area (Å²) in [5, 5.41) is 18.6. The number of sulfone groups is 1. The van der Waals surface area contributed by atoms with Gasteiger partial charge in [-0.1, -0.05) is 18.2 Å². The number of aliphatic hydroxyl groups is 1. The van der Waals surface area contributed by atoms with Crippen LogP contribution in [0.4, 0.5) is 17.1 Å². The topological polar surface area (TPSA) is 144 Å². The van der Waals surface area contributed by atoms with Gasteiger partial charge in [0, 0.05) is 56.6 Å². The maximum absolute atomic E-state index is 13.0. The molecule has 2 aliphatic rings. The van der Waals surface area contributed by atoms with Crippen LogP contribution >= 0.6 is 0 Å². The van der Waals surface area contributed by atoms with E-state index in [1.807, 2.05) is 18.2 Å². The van der Waals surface area contributed by atoms with Crippen molar-refractivity contribution in [2.75, 3.05) is 65.9 Å². The Labute approximate surface area is 239 Å². The third-order valence-electron chi connectivity index (χ3n) is 7.47. The molecule has 2 saturated heterocycles. The first-order chi connectivity index (χ1) is 19.7. The molecule has 2 fully saturated rings. The molecule has 2 aromatic carbocycles. The molecule has 2 atom stereocenters. The SMILES string of the molecule is Cc1ccccc1N1CCN(c2ccc(C(=O)NCCNC3CS(=O)(=O)CC3O)cc2NC(=O)c2ccco2)CC1. The molecular weight excluding hydrogens is 546 g/mol. The van der Waals surface area contributed by atoms with Gasteiger partial charge in [-0.3, -0.25) is 9.59 Å². The number of rotatable bonds is 9. The minimum atomic E-state index is -3.25. The molecule has 41 heavy (non-hydrogen) atoms. The van der Waals surface area contributed by atoms with Crippen molar-refractivity contribution in [1.82, 2.24) is 10.6 Å². The first kappa shape index (κ1) is 28.7. The lowest BCUT2D eigenvalue weighted by Crippen LogP contribution is -2.47. The Morgan fingerprint density at radius 3 is 2.32 bits per heavy atom. The van der Waals surface area contributed by atoms with Crippen molar-refractivity contribution in [2.45, 2.75) is 19.1 Å². The van der Waals surface area contributed by atoms with Crippen LogP contribution in [0.2, 0.25) is 0 Å². The van der Waals surface area contributed by atoms with E-state index in [-0.39, 0.29) is 29.7 Å². The number of hydrogen-bond donors (Lipinski definition) is 4. The number of carbonyl (C=O) groups is 2. The molecule has 12 heteroatoms. The highest BCUT2D eigenvalue weighted by Gasteiger charge is 2.35. The van der Waals surface area contributed by atoms with Gasteiger partial charge in [-0.05, 0) is 48.9 Å². The van der Waals surface area contributed by atoms with Crippen molar-refractivity contribution >= 4 is 38.7 Å². The summed E-state index contributed by atoms with van der Waals surface area (Å²) in [6, 6.07) is 16.2. The number of aryl methyl sites for hydroxylation is 1. The van der Waals surface area contributed by atoms with Crippen molar-refractivity contribution in [3.63, 3.8) is 0 Å². The fraction of sp³-hybridized carbons (Fsp3) is 0.379. The third kappa shape index (κ3) is 6.89. The van der Waals surface area contributed by atoms with Crippen LogP contribution in [-0.4, -0.2) is 88.3 Å². The molecule has 3 aromatic rings. The molecule has 2 amide bonds. The molecule has 4 N–H and O–H groups in total. The minimum Gasteiger partial charge on any atom is -0.459 e. The van der Waals surface area contributed by atoms with Crippen LogP contribution in [0.15, 0.2) is 65.3 Å². The lowest BCUT2D eigenvalue weighted by Gasteiger charge is -2.38. The smallest absolute Gasteiger partial charge is 0.291 e. The lowest BCUT2D eigenvalue weighted by atomic mass is 10.1. The fourth-order valence-corrected chi connectivity index (χ4v) is 7.09. The summed E-state index contributed by atoms with van der Waals surface area (Å²) in [6.07, 6.45) is 0.473. The maximum atomic E-state index is 13.0. The monoisotopic (exact) mass is 581 g/mol. The number of benzene rings is 2. The van der Waals surface area contributed by atoms with Gasteiger partial charge in [0.2, 0.25) is 0 Å². The highest BCUT2D eigenvalue weighted by molar-refractivity contribution is 7.91. The number of nitrogens with zero attached hydrogens (tertiary/aromatic N) is 2. The van der Waals surface area contributed by atoms with E-state index >= 15 is 0 Å². The van der Waals surface area contributed by atoms with Gasteiger partial charge in [0.1, 0.15) is 0 Å². The van der Waals surface area contributed by atoms with Gasteiger partial charge in [-0.25, -0.2) is 8.42 Å². The normalized spacial score (nSPS) is 20.1. The summed E-state index contributed by atoms with van der Waals surface area (Å²) in [7, 11) is -3.25. The molecule has 2 aliphatic heterocycles. The van der Waals surface area contributed by atoms with E-state index in [4.69, 9.17) is 4.42 Å². The van der Waals surface area contributed by atoms with Crippen molar-refractivity contribution in [2.24, 2.45) is 0 Å². The predicted molar refractivity (Wildman–Crippen MR) is 157 cm³/mol. The standard InChI is InChI=1S/C29H35N5O6S/c1-20-5-2-3-6-24(20)33-12-14-34(15-13-33)25-9-8-21(17-22(25)32-29(37)27-7-4-16-40-27)28(36)31-11-10-30-23-18-41(38,39)19-26(23)35/h2-9,16-17,23,26,30,35H,10-15,18-19H2,1H3,(H,31,36)(H,32,37). The van der Waals surface area contributed by atoms with Crippen LogP contribution in [0.1, 0.15) is 26.5 Å². The quantitative estimate of drug-likeness (QED) is 0.277. The predicted octanol–water partition coefficient (Wildman–Crippen LogP) is 1.64. The third-order valence-corrected chi connectivity index (χ3v) is 9.18. The molecule has 2 unspecified atom stereocenters. The average molecular weight is 582 g/mol. The van der Waals surface area contributed by atoms with Gasteiger partial charge in [0.15, 0.2) is 15.6 Å². The first-order valence-electron chi connectivity index (χ1n) is 13.6. The first-order valence-corrected chi connectivity index (χ1v) is 15.5. The maximum Gasteiger partial charge on any atom is 0.291 e. The van der Waals surface area contributed by atoms with Crippen LogP contribution in [0.3, 0.4) is 0 Å². The number of carbonyl (C=O) groups excluding carboxylic acids is 2. The molecule has 0 bridgehead atoms. The summed E-state index contributed by atoms with van der Waals surface area (Å²) in [5.74, 6) is -0.965. The van der Waals surface area contributed by atoms with E-state index in [0.29, 0.717) is 17.8 Å². The number of piperazine rings is 1. The molecule has 218 valence electrons. The molecule has 0 radical (unpaired) electrons. The second-order valence-corrected chi connectivity index (χ2v) is 12.5. The number of para-hydroxylation sites is 1. The summed E-state index contributed by atoms with van der Waals surface area (Å²) < 4.78 is 28.6. The van der Waals surface area contributed by atoms with Gasteiger partial charge in [-0.15, -0.1) is 0 Å². The zero-order chi connectivity index (χ0) is 29.0. The Kier molecular flexibility index (Phi) is 8.62. The molecule has 0 spiro atoms. The average Bonchev–Trinajstić information content (AvgIpc) is 3.59. The molecule has 5 rings (SSSR count). The van der Waals surface area contributed by atoms with Crippen LogP contribution in [-0.2, 0) is 9.84 Å². The Morgan fingerprint density at radius 1 is 0.927 bits per heavy atom. The van der Waals surface area contributed by atoms with Gasteiger partial charge in [0.25, 0.3) is 11.8 Å². The second kappa shape index (κ2) is 12.3. The van der Waals surface area contributed by atoms with E-state index in [2.05, 4.69) is 44.8 Å². The number of furan rings is 1. The minimum absolute atomic E-state index is 0.123. The van der Waals surface area contributed by atoms with E-state index in [1.54, 1.807) is 24.3 Å². The molecule has 11 nitrogen and oxygen atoms in total. The van der Waals surface area contributed by atoms with Crippen LogP contribution in [0.25, 0.3) is 0 Å². The van der Waals surface area contributed by atoms with Gasteiger partial charge in [0.05, 0.1) is 35.2 Å². The Morgan fingerprint density at radius 2 is 1.66 bits per heavy atom. The number of nitrogens with one attached hydrogen (secondary N) is 3. The van der Waals surface area contributed by atoms with Gasteiger partial charge >= 0.3 is 0 Å². The summed E-state index contributed by atoms with van der Waals surface area (Å²) in [6.45, 7) is 5.72. The molecule has 1 aromatic heterocycles. The Hall–Kier alpha value is -3.87. The number of anilines is 3. The van der Waals surface area contributed by atoms with E-state index in [1.165, 1.54) is 17.5 Å². The van der Waals surface area contributed by atoms with Gasteiger partial charge < -0.3 is 35.3 Å². The second-order valence-electron chi connectivity index (χ2n) is 10.4. The Balaban J connectivity index is 1.25. The number of aliphatic hydroxyl groups excluding tert-OH is 1. The van der Waals surface area contributed by atoms with Crippen molar-refractivity contribution < 1.29 is 27.5 Å². The van der Waals surface area contributed by atoms with Gasteiger partial charge in [-0.2, -0.15) is 0 Å². The highest BCUT2D eigenvalue weighted by atomic mass is 32.2. The number of hydrogen-bond acceptors (Lipinski definition) is 9. The zero-order valence-electron chi connectivity index (χ0n) is 22.9. The fourth-order valence-electron chi connectivity index (χ4n) is 5.31. The zero-order valence-corrected chi connectivity index (χ0v) is 23.7. The van der Waals surface area contributed by atoms with E-state index in [0.717, 1.165) is 31.9 Å². The summed E-state index contributed by atoms with van der Waals surface area (Å²) in [4.78, 5) is 30.4. The summed E-state index contributed by atoms with van der Waals surface area (Å²) >= 11 is 0. The molecule has 0 aliphatic carbocycles. The van der Waals surface area contributed by atoms with Crippen LogP contribution in [0, 0.1) is 6.92 Å². The largest absolute Gasteiger partial charge is 0.459 e.